The number of thiazole rings is 1. The van der Waals surface area contributed by atoms with Gasteiger partial charge in [-0.3, -0.25) is 10.1 Å². The number of aromatic nitrogens is 1. The van der Waals surface area contributed by atoms with Crippen molar-refractivity contribution in [1.82, 2.24) is 9.29 Å². The first-order valence-corrected chi connectivity index (χ1v) is 9.35. The van der Waals surface area contributed by atoms with Crippen LogP contribution in [-0.2, 0) is 10.0 Å². The third-order valence-electron chi connectivity index (χ3n) is 3.36. The average Bonchev–Trinajstić information content (AvgIpc) is 2.91. The van der Waals surface area contributed by atoms with E-state index in [0.29, 0.717) is 10.7 Å². The minimum Gasteiger partial charge on any atom is -0.298 e. The zero-order chi connectivity index (χ0) is 17.2. The van der Waals surface area contributed by atoms with Gasteiger partial charge in [0.25, 0.3) is 5.91 Å². The molecule has 0 aliphatic carbocycles. The van der Waals surface area contributed by atoms with Crippen molar-refractivity contribution >= 4 is 32.4 Å². The first-order valence-electron chi connectivity index (χ1n) is 7.03. The van der Waals surface area contributed by atoms with Crippen LogP contribution >= 0.6 is 11.3 Å². The molecule has 124 valence electrons. The molecule has 8 heteroatoms. The second kappa shape index (κ2) is 6.77. The molecule has 0 atom stereocenters. The van der Waals surface area contributed by atoms with Crippen LogP contribution in [0.15, 0.2) is 34.5 Å². The van der Waals surface area contributed by atoms with Crippen LogP contribution in [0, 0.1) is 6.92 Å². The Bertz CT molecular complexity index is 796. The molecule has 0 radical (unpaired) electrons. The number of aryl methyl sites for hydroxylation is 1. The molecule has 0 saturated carbocycles. The third kappa shape index (κ3) is 3.95. The van der Waals surface area contributed by atoms with Crippen LogP contribution in [-0.4, -0.2) is 36.7 Å². The molecule has 1 N–H and O–H groups in total. The van der Waals surface area contributed by atoms with E-state index in [1.807, 2.05) is 12.3 Å². The zero-order valence-corrected chi connectivity index (χ0v) is 15.0. The van der Waals surface area contributed by atoms with Crippen LogP contribution in [0.5, 0.6) is 0 Å². The summed E-state index contributed by atoms with van der Waals surface area (Å²) in [6.45, 7) is 5.45. The number of benzene rings is 1. The van der Waals surface area contributed by atoms with Crippen LogP contribution in [0.2, 0.25) is 0 Å². The maximum Gasteiger partial charge on any atom is 0.257 e. The largest absolute Gasteiger partial charge is 0.298 e. The normalized spacial score (nSPS) is 11.9. The highest BCUT2D eigenvalue weighted by Crippen LogP contribution is 2.19. The summed E-state index contributed by atoms with van der Waals surface area (Å²) < 4.78 is 26.0. The van der Waals surface area contributed by atoms with Crippen molar-refractivity contribution in [3.8, 4) is 0 Å². The maximum absolute atomic E-state index is 12.4. The molecule has 0 unspecified atom stereocenters. The maximum atomic E-state index is 12.4. The summed E-state index contributed by atoms with van der Waals surface area (Å²) in [4.78, 5) is 16.4. The fraction of sp³-hybridized carbons (Fsp3) is 0.333. The van der Waals surface area contributed by atoms with Crippen LogP contribution in [0.3, 0.4) is 0 Å². The molecule has 1 heterocycles. The number of amides is 1. The molecule has 0 aliphatic heterocycles. The van der Waals surface area contributed by atoms with Crippen molar-refractivity contribution in [3.63, 3.8) is 0 Å². The molecule has 6 nitrogen and oxygen atoms in total. The van der Waals surface area contributed by atoms with Crippen LogP contribution in [0.25, 0.3) is 0 Å². The fourth-order valence-electron chi connectivity index (χ4n) is 1.80. The molecule has 2 aromatic rings. The molecule has 23 heavy (non-hydrogen) atoms. The predicted molar refractivity (Wildman–Crippen MR) is 91.3 cm³/mol. The van der Waals surface area contributed by atoms with E-state index in [1.165, 1.54) is 47.0 Å². The summed E-state index contributed by atoms with van der Waals surface area (Å²) in [7, 11) is -2.01. The second-order valence-corrected chi connectivity index (χ2v) is 8.24. The Labute approximate surface area is 140 Å². The molecule has 0 saturated heterocycles. The molecular weight excluding hydrogens is 334 g/mol. The van der Waals surface area contributed by atoms with Gasteiger partial charge in [-0.2, -0.15) is 4.31 Å². The number of carbonyl (C=O) groups excluding carboxylic acids is 1. The number of rotatable bonds is 5. The molecule has 0 bridgehead atoms. The molecule has 0 fully saturated rings. The molecule has 0 spiro atoms. The highest BCUT2D eigenvalue weighted by atomic mass is 32.2. The summed E-state index contributed by atoms with van der Waals surface area (Å²) in [5.74, 6) is -0.319. The molecular formula is C15H19N3O3S2. The smallest absolute Gasteiger partial charge is 0.257 e. The topological polar surface area (TPSA) is 79.4 Å². The van der Waals surface area contributed by atoms with E-state index in [1.54, 1.807) is 13.8 Å². The van der Waals surface area contributed by atoms with Gasteiger partial charge in [0.05, 0.1) is 10.6 Å². The lowest BCUT2D eigenvalue weighted by molar-refractivity contribution is 0.102. The van der Waals surface area contributed by atoms with Crippen molar-refractivity contribution in [2.45, 2.75) is 31.7 Å². The van der Waals surface area contributed by atoms with E-state index in [9.17, 15) is 13.2 Å². The number of nitrogens with zero attached hydrogens (tertiary/aromatic N) is 2. The highest BCUT2D eigenvalue weighted by Gasteiger charge is 2.23. The number of hydrogen-bond donors (Lipinski definition) is 1. The Hall–Kier alpha value is -1.77. The minimum absolute atomic E-state index is 0.142. The summed E-state index contributed by atoms with van der Waals surface area (Å²) >= 11 is 1.34. The van der Waals surface area contributed by atoms with E-state index in [-0.39, 0.29) is 16.8 Å². The van der Waals surface area contributed by atoms with E-state index >= 15 is 0 Å². The van der Waals surface area contributed by atoms with Crippen LogP contribution < -0.4 is 5.32 Å². The van der Waals surface area contributed by atoms with Crippen LogP contribution in [0.4, 0.5) is 5.13 Å². The van der Waals surface area contributed by atoms with E-state index in [0.717, 1.165) is 5.69 Å². The van der Waals surface area contributed by atoms with Gasteiger partial charge in [-0.15, -0.1) is 11.3 Å². The van der Waals surface area contributed by atoms with Gasteiger partial charge < -0.3 is 0 Å². The van der Waals surface area contributed by atoms with Crippen molar-refractivity contribution < 1.29 is 13.2 Å². The number of sulfonamides is 1. The molecule has 2 rings (SSSR count). The number of hydrogen-bond acceptors (Lipinski definition) is 5. The first-order chi connectivity index (χ1) is 10.7. The number of nitrogens with one attached hydrogen (secondary N) is 1. The van der Waals surface area contributed by atoms with Gasteiger partial charge in [0.2, 0.25) is 10.0 Å². The van der Waals surface area contributed by atoms with E-state index in [4.69, 9.17) is 0 Å². The molecule has 0 aliphatic rings. The lowest BCUT2D eigenvalue weighted by Crippen LogP contribution is -2.33. The van der Waals surface area contributed by atoms with Gasteiger partial charge in [-0.05, 0) is 45.0 Å². The van der Waals surface area contributed by atoms with Gasteiger partial charge in [0.1, 0.15) is 0 Å². The Kier molecular flexibility index (Phi) is 5.18. The standard InChI is InChI=1S/C15H19N3O3S2/c1-10(2)18(4)23(20,21)13-7-5-12(6-8-13)14(19)17-15-16-11(3)9-22-15/h5-10H,1-4H3,(H,16,17,19). The van der Waals surface area contributed by atoms with Crippen molar-refractivity contribution in [3.05, 3.63) is 40.9 Å². The van der Waals surface area contributed by atoms with Gasteiger partial charge in [-0.1, -0.05) is 0 Å². The average molecular weight is 353 g/mol. The van der Waals surface area contributed by atoms with Gasteiger partial charge in [0.15, 0.2) is 5.13 Å². The van der Waals surface area contributed by atoms with Gasteiger partial charge in [-0.25, -0.2) is 13.4 Å². The zero-order valence-electron chi connectivity index (χ0n) is 13.4. The lowest BCUT2D eigenvalue weighted by Gasteiger charge is -2.20. The number of carbonyl (C=O) groups is 1. The van der Waals surface area contributed by atoms with E-state index < -0.39 is 10.0 Å². The Morgan fingerprint density at radius 1 is 1.26 bits per heavy atom. The van der Waals surface area contributed by atoms with Gasteiger partial charge >= 0.3 is 0 Å². The molecule has 1 amide bonds. The second-order valence-electron chi connectivity index (χ2n) is 5.39. The predicted octanol–water partition coefficient (Wildman–Crippen LogP) is 2.73. The van der Waals surface area contributed by atoms with Crippen molar-refractivity contribution in [2.24, 2.45) is 0 Å². The summed E-state index contributed by atoms with van der Waals surface area (Å²) in [6, 6.07) is 5.73. The lowest BCUT2D eigenvalue weighted by atomic mass is 10.2. The number of anilines is 1. The third-order valence-corrected chi connectivity index (χ3v) is 6.28. The van der Waals surface area contributed by atoms with E-state index in [2.05, 4.69) is 10.3 Å². The summed E-state index contributed by atoms with van der Waals surface area (Å²) in [5, 5.41) is 5.04. The Morgan fingerprint density at radius 2 is 1.87 bits per heavy atom. The minimum atomic E-state index is -3.54. The SMILES string of the molecule is Cc1csc(NC(=O)c2ccc(S(=O)(=O)N(C)C(C)C)cc2)n1. The Morgan fingerprint density at radius 3 is 2.35 bits per heavy atom. The van der Waals surface area contributed by atoms with Crippen LogP contribution in [0.1, 0.15) is 29.9 Å². The summed E-state index contributed by atoms with van der Waals surface area (Å²) in [5.41, 5.74) is 1.22. The highest BCUT2D eigenvalue weighted by molar-refractivity contribution is 7.89. The quantitative estimate of drug-likeness (QED) is 0.896. The Balaban J connectivity index is 2.17. The monoisotopic (exact) mass is 353 g/mol. The molecule has 1 aromatic carbocycles. The molecule has 1 aromatic heterocycles. The summed E-state index contributed by atoms with van der Waals surface area (Å²) in [6.07, 6.45) is 0. The van der Waals surface area contributed by atoms with Crippen molar-refractivity contribution in [2.75, 3.05) is 12.4 Å². The van der Waals surface area contributed by atoms with Crippen molar-refractivity contribution in [1.29, 1.82) is 0 Å². The fourth-order valence-corrected chi connectivity index (χ4v) is 3.85. The first kappa shape index (κ1) is 17.6. The van der Waals surface area contributed by atoms with Gasteiger partial charge in [0, 0.05) is 24.0 Å².